The number of hydrogen-bond acceptors (Lipinski definition) is 16. The Bertz CT molecular complexity index is 1630. The summed E-state index contributed by atoms with van der Waals surface area (Å²) in [4.78, 5) is 51.1. The van der Waals surface area contributed by atoms with Crippen molar-refractivity contribution in [1.29, 1.82) is 0 Å². The highest BCUT2D eigenvalue weighted by atomic mass is 31.2. The molecule has 40 heavy (non-hydrogen) atoms. The zero-order valence-electron chi connectivity index (χ0n) is 19.9. The van der Waals surface area contributed by atoms with Crippen molar-refractivity contribution in [3.05, 3.63) is 54.4 Å². The summed E-state index contributed by atoms with van der Waals surface area (Å²) in [7, 11) is -5.14. The molecule has 4 aromatic rings. The molecule has 4 heterocycles. The molecule has 0 radical (unpaired) electrons. The number of hydrogen-bond donors (Lipinski definition) is 5. The molecule has 1 saturated heterocycles. The summed E-state index contributed by atoms with van der Waals surface area (Å²) in [5.74, 6) is -0.980. The van der Waals surface area contributed by atoms with Crippen LogP contribution >= 0.6 is 7.82 Å². The first-order chi connectivity index (χ1) is 19.0. The highest BCUT2D eigenvalue weighted by Crippen LogP contribution is 2.44. The van der Waals surface area contributed by atoms with Crippen LogP contribution in [0.4, 0.5) is 10.6 Å². The number of carbonyl (C=O) groups excluding carboxylic acids is 2. The molecule has 20 heteroatoms. The molecule has 210 valence electrons. The summed E-state index contributed by atoms with van der Waals surface area (Å²) in [5, 5.41) is 37.5. The van der Waals surface area contributed by atoms with Crippen LogP contribution in [0.3, 0.4) is 0 Å². The van der Waals surface area contributed by atoms with Gasteiger partial charge < -0.3 is 30.3 Å². The number of aliphatic hydroxyl groups is 2. The summed E-state index contributed by atoms with van der Waals surface area (Å²) in [6.07, 6.45) is -4.19. The number of ketones is 1. The molecule has 0 aliphatic carbocycles. The molecule has 0 spiro atoms. The van der Waals surface area contributed by atoms with E-state index in [2.05, 4.69) is 34.6 Å². The largest absolute Gasteiger partial charge is 0.543 e. The number of nitrogens with zero attached hydrogens (tertiary/aromatic N) is 7. The van der Waals surface area contributed by atoms with Crippen molar-refractivity contribution in [3.63, 3.8) is 0 Å². The van der Waals surface area contributed by atoms with Gasteiger partial charge >= 0.3 is 14.0 Å². The molecule has 6 N–H and O–H groups in total. The van der Waals surface area contributed by atoms with Crippen LogP contribution < -0.4 is 10.6 Å². The van der Waals surface area contributed by atoms with Gasteiger partial charge in [0.15, 0.2) is 23.4 Å². The van der Waals surface area contributed by atoms with E-state index in [1.54, 1.807) is 0 Å². The van der Waals surface area contributed by atoms with Gasteiger partial charge in [-0.3, -0.25) is 23.6 Å². The van der Waals surface area contributed by atoms with Crippen molar-refractivity contribution < 1.29 is 53.0 Å². The molecule has 1 aromatic carbocycles. The molecule has 1 unspecified atom stereocenters. The van der Waals surface area contributed by atoms with Crippen LogP contribution in [0.2, 0.25) is 0 Å². The number of phosphoric acid groups is 1. The van der Waals surface area contributed by atoms with Crippen LogP contribution in [-0.4, -0.2) is 91.7 Å². The standard InChI is InChI=1S/C20H19N8O11P/c21-17-13-18(23-7-22-17)27(8-24-13)19-16(32)15(31)12(37-19)6-36-40(34,35)39-20(33)38-28-5-10(25-26-28)14(30)9-3-1-2-4-11(9)29/h1-5,7-8,12,15-16,19,29,31-32H,6H2,(H,34,35)(H2,21,22,23)/t12-,15-,16-,19-/m1/s1. The van der Waals surface area contributed by atoms with Gasteiger partial charge in [0.05, 0.1) is 24.7 Å². The maximum atomic E-state index is 12.4. The Labute approximate surface area is 221 Å². The lowest BCUT2D eigenvalue weighted by Crippen LogP contribution is -2.33. The molecule has 3 aromatic heterocycles. The number of benzene rings is 1. The van der Waals surface area contributed by atoms with Crippen molar-refractivity contribution in [2.75, 3.05) is 12.3 Å². The van der Waals surface area contributed by atoms with E-state index in [9.17, 15) is 34.4 Å². The van der Waals surface area contributed by atoms with Gasteiger partial charge in [-0.25, -0.2) is 24.3 Å². The average molecular weight is 578 g/mol. The third-order valence-electron chi connectivity index (χ3n) is 5.61. The number of imidazole rings is 1. The second-order valence-corrected chi connectivity index (χ2v) is 9.56. The summed E-state index contributed by atoms with van der Waals surface area (Å²) in [5.41, 5.74) is 5.75. The Morgan fingerprint density at radius 3 is 2.70 bits per heavy atom. The number of nitrogen functional groups attached to an aromatic ring is 1. The van der Waals surface area contributed by atoms with Crippen LogP contribution in [0.5, 0.6) is 5.75 Å². The summed E-state index contributed by atoms with van der Waals surface area (Å²) >= 11 is 0. The van der Waals surface area contributed by atoms with E-state index in [1.807, 2.05) is 0 Å². The van der Waals surface area contributed by atoms with Crippen molar-refractivity contribution in [3.8, 4) is 5.75 Å². The average Bonchev–Trinajstić information content (AvgIpc) is 3.62. The maximum Gasteiger partial charge on any atom is 0.543 e. The zero-order chi connectivity index (χ0) is 28.6. The summed E-state index contributed by atoms with van der Waals surface area (Å²) in [6.45, 7) is -0.803. The SMILES string of the molecule is Nc1ncnc2c1ncn2[C@@H]1O[C@H](COP(=O)(O)OC(=O)On2cc(C(=O)c3ccccc3O)nn2)[C@@H](O)[C@H]1O. The summed E-state index contributed by atoms with van der Waals surface area (Å²) in [6, 6.07) is 5.63. The first-order valence-corrected chi connectivity index (χ1v) is 12.6. The number of aliphatic hydroxyl groups excluding tert-OH is 2. The second-order valence-electron chi connectivity index (χ2n) is 8.18. The topological polar surface area (TPSA) is 269 Å². The number of phosphoric ester groups is 1. The van der Waals surface area contributed by atoms with Gasteiger partial charge in [0, 0.05) is 0 Å². The number of phenolic OH excluding ortho intramolecular Hbond substituents is 1. The fraction of sp³-hybridized carbons (Fsp3) is 0.250. The maximum absolute atomic E-state index is 12.4. The van der Waals surface area contributed by atoms with Gasteiger partial charge in [-0.05, 0) is 17.3 Å². The quantitative estimate of drug-likeness (QED) is 0.0946. The molecule has 1 aliphatic heterocycles. The minimum atomic E-state index is -5.14. The lowest BCUT2D eigenvalue weighted by molar-refractivity contribution is -0.0513. The normalized spacial score (nSPS) is 22.2. The molecule has 19 nitrogen and oxygen atoms in total. The molecule has 0 saturated carbocycles. The van der Waals surface area contributed by atoms with Crippen LogP contribution in [0.15, 0.2) is 43.1 Å². The Morgan fingerprint density at radius 2 is 1.93 bits per heavy atom. The second kappa shape index (κ2) is 10.6. The van der Waals surface area contributed by atoms with Gasteiger partial charge in [-0.2, -0.15) is 0 Å². The minimum Gasteiger partial charge on any atom is -0.507 e. The van der Waals surface area contributed by atoms with Crippen molar-refractivity contribution in [2.45, 2.75) is 24.5 Å². The Kier molecular flexibility index (Phi) is 7.15. The van der Waals surface area contributed by atoms with Crippen molar-refractivity contribution >= 4 is 36.7 Å². The van der Waals surface area contributed by atoms with Crippen molar-refractivity contribution in [1.82, 2.24) is 34.7 Å². The lowest BCUT2D eigenvalue weighted by atomic mass is 10.1. The van der Waals surface area contributed by atoms with Gasteiger partial charge in [0.2, 0.25) is 5.78 Å². The van der Waals surface area contributed by atoms with E-state index in [-0.39, 0.29) is 34.0 Å². The molecule has 1 aliphatic rings. The summed E-state index contributed by atoms with van der Waals surface area (Å²) < 4.78 is 28.1. The van der Waals surface area contributed by atoms with Gasteiger partial charge in [-0.1, -0.05) is 17.0 Å². The number of aromatic hydroxyl groups is 1. The van der Waals surface area contributed by atoms with Crippen LogP contribution in [0.1, 0.15) is 22.3 Å². The van der Waals surface area contributed by atoms with Crippen LogP contribution in [0.25, 0.3) is 11.2 Å². The van der Waals surface area contributed by atoms with Crippen molar-refractivity contribution in [2.24, 2.45) is 0 Å². The number of phenols is 1. The highest BCUT2D eigenvalue weighted by molar-refractivity contribution is 7.48. The number of ether oxygens (including phenoxy) is 1. The third kappa shape index (κ3) is 5.32. The Balaban J connectivity index is 1.17. The molecule has 1 fully saturated rings. The first kappa shape index (κ1) is 27.1. The van der Waals surface area contributed by atoms with Crippen LogP contribution in [-0.2, 0) is 18.3 Å². The first-order valence-electron chi connectivity index (χ1n) is 11.1. The number of anilines is 1. The van der Waals surface area contributed by atoms with Gasteiger partial charge in [0.25, 0.3) is 0 Å². The fourth-order valence-electron chi connectivity index (χ4n) is 3.73. The Hall–Kier alpha value is -4.52. The molecule has 0 amide bonds. The fourth-order valence-corrected chi connectivity index (χ4v) is 4.34. The van der Waals surface area contributed by atoms with E-state index < -0.39 is 50.9 Å². The number of para-hydroxylation sites is 1. The highest BCUT2D eigenvalue weighted by Gasteiger charge is 2.45. The van der Waals surface area contributed by atoms with E-state index in [0.717, 1.165) is 6.20 Å². The van der Waals surface area contributed by atoms with E-state index >= 15 is 0 Å². The number of fused-ring (bicyclic) bond motifs is 1. The van der Waals surface area contributed by atoms with E-state index in [0.29, 0.717) is 4.85 Å². The Morgan fingerprint density at radius 1 is 1.15 bits per heavy atom. The number of nitrogens with two attached hydrogens (primary N) is 1. The molecular formula is C20H19N8O11P. The van der Waals surface area contributed by atoms with Gasteiger partial charge in [0.1, 0.15) is 35.9 Å². The predicted octanol–water partition coefficient (Wildman–Crippen LogP) is -1.06. The molecule has 0 bridgehead atoms. The smallest absolute Gasteiger partial charge is 0.507 e. The number of carbonyl (C=O) groups is 2. The zero-order valence-corrected chi connectivity index (χ0v) is 20.8. The minimum absolute atomic E-state index is 0.0751. The van der Waals surface area contributed by atoms with E-state index in [4.69, 9.17) is 15.0 Å². The monoisotopic (exact) mass is 578 g/mol. The van der Waals surface area contributed by atoms with Gasteiger partial charge in [-0.15, -0.1) is 5.10 Å². The third-order valence-corrected chi connectivity index (χ3v) is 6.47. The molecule has 5 rings (SSSR count). The lowest BCUT2D eigenvalue weighted by Gasteiger charge is -2.17. The number of aromatic nitrogens is 7. The number of rotatable bonds is 8. The van der Waals surface area contributed by atoms with E-state index in [1.165, 1.54) is 41.5 Å². The predicted molar refractivity (Wildman–Crippen MR) is 126 cm³/mol. The van der Waals surface area contributed by atoms with Crippen LogP contribution in [0, 0.1) is 0 Å². The molecule has 5 atom stereocenters. The molecular weight excluding hydrogens is 559 g/mol.